The van der Waals surface area contributed by atoms with Crippen LogP contribution in [0.2, 0.25) is 0 Å². The van der Waals surface area contributed by atoms with Crippen LogP contribution in [-0.2, 0) is 51.2 Å². The molecule has 0 radical (unpaired) electrons. The first-order valence-electron chi connectivity index (χ1n) is 20.3. The number of esters is 2. The summed E-state index contributed by atoms with van der Waals surface area (Å²) < 4.78 is 75.5. The zero-order chi connectivity index (χ0) is 45.4. The van der Waals surface area contributed by atoms with E-state index in [0.29, 0.717) is 36.6 Å². The highest BCUT2D eigenvalue weighted by Crippen LogP contribution is 2.41. The molecule has 342 valence electrons. The monoisotopic (exact) mass is 893 g/mol. The lowest BCUT2D eigenvalue weighted by Crippen LogP contribution is -2.33. The molecule has 0 unspecified atom stereocenters. The molecule has 3 N–H and O–H groups in total. The number of carbonyl (C=O) groups excluding carboxylic acids is 5. The van der Waals surface area contributed by atoms with Crippen LogP contribution >= 0.6 is 11.3 Å². The van der Waals surface area contributed by atoms with Crippen molar-refractivity contribution in [2.45, 2.75) is 91.0 Å². The van der Waals surface area contributed by atoms with Crippen molar-refractivity contribution in [3.05, 3.63) is 45.8 Å². The van der Waals surface area contributed by atoms with Gasteiger partial charge in [-0.25, -0.2) is 8.78 Å². The highest BCUT2D eigenvalue weighted by Gasteiger charge is 2.31. The van der Waals surface area contributed by atoms with Crippen LogP contribution in [0.3, 0.4) is 0 Å². The van der Waals surface area contributed by atoms with Crippen LogP contribution in [-0.4, -0.2) is 113 Å². The van der Waals surface area contributed by atoms with Gasteiger partial charge in [-0.1, -0.05) is 0 Å². The van der Waals surface area contributed by atoms with Gasteiger partial charge in [0.15, 0.2) is 40.4 Å². The Hall–Kier alpha value is -5.11. The summed E-state index contributed by atoms with van der Waals surface area (Å²) in [6.45, 7) is 8.76. The molecule has 62 heavy (non-hydrogen) atoms. The second kappa shape index (κ2) is 23.9. The lowest BCUT2D eigenvalue weighted by molar-refractivity contribution is -0.156. The van der Waals surface area contributed by atoms with Gasteiger partial charge in [-0.3, -0.25) is 24.0 Å². The van der Waals surface area contributed by atoms with Crippen LogP contribution in [0.15, 0.2) is 18.2 Å². The minimum atomic E-state index is -0.745. The van der Waals surface area contributed by atoms with E-state index in [2.05, 4.69) is 5.32 Å². The molecule has 2 aromatic carbocycles. The SMILES string of the molecule is COc1cc2c(c(F)c1OCCCOc1c(OC)cc3sc(C(=O)CCC(=O)O[C@@H](C)CNC(=O)CCOCCOCCN)cc3c1F)CN(C(=O)CCC(=O)OC(C)(C)C)C2. The van der Waals surface area contributed by atoms with E-state index in [9.17, 15) is 24.0 Å². The summed E-state index contributed by atoms with van der Waals surface area (Å²) in [5.41, 5.74) is 5.51. The van der Waals surface area contributed by atoms with E-state index >= 15 is 8.78 Å². The van der Waals surface area contributed by atoms with Gasteiger partial charge in [-0.15, -0.1) is 11.3 Å². The molecule has 16 nitrogen and oxygen atoms in total. The molecule has 0 bridgehead atoms. The molecule has 19 heteroatoms. The van der Waals surface area contributed by atoms with Crippen molar-refractivity contribution >= 4 is 51.0 Å². The van der Waals surface area contributed by atoms with Crippen molar-refractivity contribution in [3.63, 3.8) is 0 Å². The third-order valence-electron chi connectivity index (χ3n) is 9.17. The second-order valence-electron chi connectivity index (χ2n) is 15.3. The number of benzene rings is 2. The van der Waals surface area contributed by atoms with Crippen LogP contribution < -0.4 is 30.0 Å². The summed E-state index contributed by atoms with van der Waals surface area (Å²) in [4.78, 5) is 64.2. The zero-order valence-electron chi connectivity index (χ0n) is 36.1. The number of carbonyl (C=O) groups is 5. The summed E-state index contributed by atoms with van der Waals surface area (Å²) in [7, 11) is 2.72. The van der Waals surface area contributed by atoms with E-state index in [0.717, 1.165) is 11.3 Å². The predicted octanol–water partition coefficient (Wildman–Crippen LogP) is 5.40. The van der Waals surface area contributed by atoms with Gasteiger partial charge in [0.25, 0.3) is 0 Å². The minimum absolute atomic E-state index is 0.00478. The molecule has 0 aliphatic carbocycles. The lowest BCUT2D eigenvalue weighted by Gasteiger charge is -2.20. The van der Waals surface area contributed by atoms with Crippen LogP contribution in [0.4, 0.5) is 8.78 Å². The molecule has 4 rings (SSSR count). The van der Waals surface area contributed by atoms with Crippen molar-refractivity contribution < 1.29 is 70.6 Å². The Morgan fingerprint density at radius 3 is 2.11 bits per heavy atom. The molecular weight excluding hydrogens is 837 g/mol. The van der Waals surface area contributed by atoms with E-state index in [-0.39, 0.29) is 134 Å². The largest absolute Gasteiger partial charge is 0.493 e. The summed E-state index contributed by atoms with van der Waals surface area (Å²) in [6, 6.07) is 4.56. The fourth-order valence-electron chi connectivity index (χ4n) is 6.19. The van der Waals surface area contributed by atoms with E-state index < -0.39 is 35.3 Å². The highest BCUT2D eigenvalue weighted by atomic mass is 32.1. The van der Waals surface area contributed by atoms with Gasteiger partial charge >= 0.3 is 11.9 Å². The molecule has 0 spiro atoms. The predicted molar refractivity (Wildman–Crippen MR) is 224 cm³/mol. The van der Waals surface area contributed by atoms with Gasteiger partial charge in [0.1, 0.15) is 11.7 Å². The van der Waals surface area contributed by atoms with Crippen LogP contribution in [0.1, 0.15) is 87.0 Å². The molecule has 1 aliphatic heterocycles. The molecule has 1 aliphatic rings. The number of thiophene rings is 1. The van der Waals surface area contributed by atoms with Crippen molar-refractivity contribution in [1.29, 1.82) is 0 Å². The number of hydrogen-bond donors (Lipinski definition) is 2. The van der Waals surface area contributed by atoms with Crippen LogP contribution in [0.5, 0.6) is 23.0 Å². The number of fused-ring (bicyclic) bond motifs is 2. The van der Waals surface area contributed by atoms with Gasteiger partial charge < -0.3 is 53.8 Å². The smallest absolute Gasteiger partial charge is 0.306 e. The fraction of sp³-hybridized carbons (Fsp3) is 0.558. The summed E-state index contributed by atoms with van der Waals surface area (Å²) in [5.74, 6) is -3.60. The fourth-order valence-corrected chi connectivity index (χ4v) is 7.25. The van der Waals surface area contributed by atoms with Gasteiger partial charge in [0, 0.05) is 67.0 Å². The molecule has 1 aromatic heterocycles. The molecular formula is C43H57F2N3O13S. The third kappa shape index (κ3) is 14.8. The van der Waals surface area contributed by atoms with Gasteiger partial charge in [-0.2, -0.15) is 0 Å². The molecule has 0 saturated heterocycles. The van der Waals surface area contributed by atoms with E-state index in [1.807, 2.05) is 0 Å². The van der Waals surface area contributed by atoms with Crippen LogP contribution in [0, 0.1) is 11.6 Å². The Morgan fingerprint density at radius 1 is 0.806 bits per heavy atom. The van der Waals surface area contributed by atoms with E-state index in [1.165, 1.54) is 25.2 Å². The molecule has 2 amide bonds. The molecule has 1 atom stereocenters. The Balaban J connectivity index is 1.24. The maximum Gasteiger partial charge on any atom is 0.306 e. The van der Waals surface area contributed by atoms with Crippen molar-refractivity contribution in [2.75, 3.05) is 67.0 Å². The van der Waals surface area contributed by atoms with Crippen molar-refractivity contribution in [3.8, 4) is 23.0 Å². The topological polar surface area (TPSA) is 200 Å². The zero-order valence-corrected chi connectivity index (χ0v) is 36.9. The summed E-state index contributed by atoms with van der Waals surface area (Å²) in [5, 5.41) is 2.80. The Bertz CT molecular complexity index is 2040. The first-order chi connectivity index (χ1) is 29.5. The second-order valence-corrected chi connectivity index (χ2v) is 16.4. The standard InChI is InChI=1S/C43H57F2N3O13S/c1-26(23-47-35(50)12-16-56-18-19-57-17-13-46)60-37(52)10-8-30(49)34-21-28-33(62-34)22-32(55-6)42(39(28)44)59-15-7-14-58-41-31(54-5)20-27-24-48(25-29(27)40(41)45)36(51)9-11-38(53)61-43(2,3)4/h20-22,26H,7-19,23-25,46H2,1-6H3,(H,47,50)/t26-/m0/s1. The third-order valence-corrected chi connectivity index (χ3v) is 10.3. The Kier molecular flexibility index (Phi) is 19.1. The number of Topliss-reactive ketones (excluding diaryl/α,β-unsaturated/α-hetero) is 1. The van der Waals surface area contributed by atoms with Gasteiger partial charge in [0.2, 0.25) is 11.8 Å². The number of rotatable bonds is 26. The number of ether oxygens (including phenoxy) is 8. The number of amides is 2. The molecule has 2 heterocycles. The van der Waals surface area contributed by atoms with Crippen molar-refractivity contribution in [1.82, 2.24) is 10.2 Å². The summed E-state index contributed by atoms with van der Waals surface area (Å²) in [6.07, 6.45) is -0.886. The van der Waals surface area contributed by atoms with Gasteiger partial charge in [0.05, 0.1) is 78.1 Å². The highest BCUT2D eigenvalue weighted by molar-refractivity contribution is 7.20. The van der Waals surface area contributed by atoms with E-state index in [4.69, 9.17) is 43.6 Å². The Labute approximate surface area is 363 Å². The molecule has 3 aromatic rings. The first-order valence-corrected chi connectivity index (χ1v) is 21.1. The number of nitrogens with one attached hydrogen (secondary N) is 1. The quantitative estimate of drug-likeness (QED) is 0.0590. The average molecular weight is 894 g/mol. The number of hydrogen-bond acceptors (Lipinski definition) is 15. The Morgan fingerprint density at radius 2 is 1.45 bits per heavy atom. The number of halogens is 2. The maximum absolute atomic E-state index is 15.8. The summed E-state index contributed by atoms with van der Waals surface area (Å²) >= 11 is 1.04. The molecule has 0 fully saturated rings. The normalized spacial score (nSPS) is 12.8. The average Bonchev–Trinajstić information content (AvgIpc) is 3.87. The number of nitrogens with two attached hydrogens (primary N) is 1. The molecule has 0 saturated carbocycles. The number of ketones is 1. The van der Waals surface area contributed by atoms with E-state index in [1.54, 1.807) is 39.8 Å². The lowest BCUT2D eigenvalue weighted by atomic mass is 10.1. The number of methoxy groups -OCH3 is 2. The maximum atomic E-state index is 15.8. The first kappa shape index (κ1) is 49.5. The van der Waals surface area contributed by atoms with Gasteiger partial charge in [-0.05, 0) is 45.4 Å². The number of nitrogens with zero attached hydrogens (tertiary/aromatic N) is 1. The van der Waals surface area contributed by atoms with Crippen molar-refractivity contribution in [2.24, 2.45) is 5.73 Å². The minimum Gasteiger partial charge on any atom is -0.493 e. The van der Waals surface area contributed by atoms with Crippen LogP contribution in [0.25, 0.3) is 10.1 Å².